The predicted molar refractivity (Wildman–Crippen MR) is 63.4 cm³/mol. The Bertz CT molecular complexity index is 443. The van der Waals surface area contributed by atoms with Crippen LogP contribution in [0.1, 0.15) is 5.69 Å². The van der Waals surface area contributed by atoms with E-state index in [1.807, 2.05) is 0 Å². The van der Waals surface area contributed by atoms with E-state index in [2.05, 4.69) is 10.3 Å². The molecule has 18 heavy (non-hydrogen) atoms. The summed E-state index contributed by atoms with van der Waals surface area (Å²) in [6, 6.07) is 1.22. The zero-order valence-corrected chi connectivity index (χ0v) is 10.1. The molecule has 0 aliphatic carbocycles. The van der Waals surface area contributed by atoms with E-state index in [4.69, 9.17) is 14.6 Å². The number of methoxy groups -OCH3 is 1. The maximum absolute atomic E-state index is 11.5. The number of aliphatic hydroxyl groups is 1. The molecule has 0 radical (unpaired) electrons. The van der Waals surface area contributed by atoms with Gasteiger partial charge in [0.25, 0.3) is 5.91 Å². The average Bonchev–Trinajstić information content (AvgIpc) is 2.37. The van der Waals surface area contributed by atoms with E-state index in [9.17, 15) is 9.59 Å². The van der Waals surface area contributed by atoms with Crippen LogP contribution >= 0.6 is 0 Å². The number of hydrogen-bond acceptors (Lipinski definition) is 5. The fourth-order valence-electron chi connectivity index (χ4n) is 1.19. The molecule has 0 aliphatic rings. The molecule has 7 heteroatoms. The molecule has 1 heterocycles. The summed E-state index contributed by atoms with van der Waals surface area (Å²) in [4.78, 5) is 25.4. The van der Waals surface area contributed by atoms with Crippen LogP contribution in [0, 0.1) is 0 Å². The van der Waals surface area contributed by atoms with Gasteiger partial charge in [-0.25, -0.2) is 0 Å². The Kier molecular flexibility index (Phi) is 5.89. The average molecular weight is 256 g/mol. The van der Waals surface area contributed by atoms with Crippen molar-refractivity contribution < 1.29 is 19.4 Å². The highest BCUT2D eigenvalue weighted by molar-refractivity contribution is 5.77. The smallest absolute Gasteiger partial charge is 0.258 e. The second kappa shape index (κ2) is 7.46. The summed E-state index contributed by atoms with van der Waals surface area (Å²) in [6.45, 7) is 0.300. The molecular weight excluding hydrogens is 240 g/mol. The molecule has 0 aliphatic heterocycles. The summed E-state index contributed by atoms with van der Waals surface area (Å²) in [5.74, 6) is -0.299. The summed E-state index contributed by atoms with van der Waals surface area (Å²) >= 11 is 0. The molecular formula is C11H16N2O5. The normalized spacial score (nSPS) is 10.1. The molecule has 0 atom stereocenters. The van der Waals surface area contributed by atoms with Crippen LogP contribution in [-0.4, -0.2) is 42.9 Å². The van der Waals surface area contributed by atoms with Crippen molar-refractivity contribution in [2.45, 2.75) is 6.61 Å². The third-order valence-corrected chi connectivity index (χ3v) is 2.09. The quantitative estimate of drug-likeness (QED) is 0.544. The van der Waals surface area contributed by atoms with Crippen molar-refractivity contribution in [1.82, 2.24) is 10.3 Å². The van der Waals surface area contributed by atoms with Crippen molar-refractivity contribution in [1.29, 1.82) is 0 Å². The van der Waals surface area contributed by atoms with Crippen molar-refractivity contribution in [3.8, 4) is 5.75 Å². The second-order valence-electron chi connectivity index (χ2n) is 3.48. The fourth-order valence-corrected chi connectivity index (χ4v) is 1.19. The van der Waals surface area contributed by atoms with Gasteiger partial charge in [-0.1, -0.05) is 0 Å². The topological polar surface area (TPSA) is 101 Å². The van der Waals surface area contributed by atoms with Crippen molar-refractivity contribution in [3.05, 3.63) is 28.2 Å². The monoisotopic (exact) mass is 256 g/mol. The van der Waals surface area contributed by atoms with Crippen molar-refractivity contribution in [2.75, 3.05) is 26.9 Å². The van der Waals surface area contributed by atoms with Crippen molar-refractivity contribution in [2.24, 2.45) is 0 Å². The number of rotatable bonds is 7. The Morgan fingerprint density at radius 1 is 1.56 bits per heavy atom. The van der Waals surface area contributed by atoms with E-state index in [0.29, 0.717) is 18.8 Å². The molecule has 0 aromatic carbocycles. The minimum Gasteiger partial charge on any atom is -0.478 e. The Balaban J connectivity index is 2.43. The van der Waals surface area contributed by atoms with Gasteiger partial charge in [0, 0.05) is 31.6 Å². The number of carbonyl (C=O) groups is 1. The molecule has 0 fully saturated rings. The van der Waals surface area contributed by atoms with Crippen LogP contribution in [0.4, 0.5) is 0 Å². The molecule has 1 amide bonds. The molecule has 0 bridgehead atoms. The van der Waals surface area contributed by atoms with Crippen LogP contribution in [-0.2, 0) is 16.1 Å². The van der Waals surface area contributed by atoms with Crippen LogP contribution in [0.2, 0.25) is 0 Å². The zero-order valence-electron chi connectivity index (χ0n) is 10.1. The van der Waals surface area contributed by atoms with Gasteiger partial charge in [-0.3, -0.25) is 9.59 Å². The van der Waals surface area contributed by atoms with Gasteiger partial charge < -0.3 is 24.9 Å². The highest BCUT2D eigenvalue weighted by atomic mass is 16.5. The van der Waals surface area contributed by atoms with Crippen molar-refractivity contribution >= 4 is 5.91 Å². The number of aromatic nitrogens is 1. The minimum absolute atomic E-state index is 0.0362. The van der Waals surface area contributed by atoms with Gasteiger partial charge in [0.15, 0.2) is 12.4 Å². The number of pyridine rings is 1. The largest absolute Gasteiger partial charge is 0.478 e. The van der Waals surface area contributed by atoms with E-state index >= 15 is 0 Å². The lowest BCUT2D eigenvalue weighted by Crippen LogP contribution is -2.32. The minimum atomic E-state index is -0.387. The molecule has 100 valence electrons. The summed E-state index contributed by atoms with van der Waals surface area (Å²) in [5, 5.41) is 11.4. The summed E-state index contributed by atoms with van der Waals surface area (Å²) in [6.07, 6.45) is 1.32. The van der Waals surface area contributed by atoms with Gasteiger partial charge in [-0.15, -0.1) is 0 Å². The number of ether oxygens (including phenoxy) is 2. The lowest BCUT2D eigenvalue weighted by atomic mass is 10.3. The lowest BCUT2D eigenvalue weighted by molar-refractivity contribution is -0.123. The van der Waals surface area contributed by atoms with Crippen LogP contribution in [0.5, 0.6) is 5.75 Å². The van der Waals surface area contributed by atoms with Crippen LogP contribution in [0.15, 0.2) is 17.1 Å². The Morgan fingerprint density at radius 3 is 2.94 bits per heavy atom. The molecule has 1 rings (SSSR count). The summed E-state index contributed by atoms with van der Waals surface area (Å²) in [7, 11) is 1.53. The van der Waals surface area contributed by atoms with E-state index in [1.54, 1.807) is 0 Å². The Morgan fingerprint density at radius 2 is 2.33 bits per heavy atom. The number of H-pyrrole nitrogens is 1. The maximum atomic E-state index is 11.5. The van der Waals surface area contributed by atoms with E-state index in [-0.39, 0.29) is 30.3 Å². The summed E-state index contributed by atoms with van der Waals surface area (Å²) < 4.78 is 9.82. The van der Waals surface area contributed by atoms with Crippen molar-refractivity contribution in [3.63, 3.8) is 0 Å². The van der Waals surface area contributed by atoms with Crippen LogP contribution in [0.3, 0.4) is 0 Å². The first-order valence-electron chi connectivity index (χ1n) is 5.38. The first kappa shape index (κ1) is 14.2. The number of nitrogens with one attached hydrogen (secondary N) is 2. The number of aromatic amines is 1. The highest BCUT2D eigenvalue weighted by Crippen LogP contribution is 2.01. The molecule has 1 aromatic heterocycles. The molecule has 3 N–H and O–H groups in total. The van der Waals surface area contributed by atoms with Gasteiger partial charge in [0.2, 0.25) is 5.43 Å². The van der Waals surface area contributed by atoms with E-state index in [0.717, 1.165) is 0 Å². The van der Waals surface area contributed by atoms with Gasteiger partial charge in [-0.05, 0) is 0 Å². The number of aliphatic hydroxyl groups excluding tert-OH is 1. The molecule has 7 nitrogen and oxygen atoms in total. The standard InChI is InChI=1S/C11H16N2O5/c1-17-3-2-12-11(16)7-18-10-5-13-8(6-14)4-9(10)15/h4-5,14H,2-3,6-7H2,1H3,(H,12,16)(H,13,15). The van der Waals surface area contributed by atoms with Gasteiger partial charge in [0.1, 0.15) is 0 Å². The molecule has 0 unspecified atom stereocenters. The first-order valence-corrected chi connectivity index (χ1v) is 5.38. The second-order valence-corrected chi connectivity index (χ2v) is 3.48. The molecule has 1 aromatic rings. The maximum Gasteiger partial charge on any atom is 0.258 e. The number of carbonyl (C=O) groups excluding carboxylic acids is 1. The van der Waals surface area contributed by atoms with E-state index < -0.39 is 0 Å². The van der Waals surface area contributed by atoms with Gasteiger partial charge >= 0.3 is 0 Å². The molecule has 0 saturated heterocycles. The molecule has 0 saturated carbocycles. The van der Waals surface area contributed by atoms with Gasteiger partial charge in [-0.2, -0.15) is 0 Å². The third kappa shape index (κ3) is 4.56. The Labute approximate surface area is 104 Å². The van der Waals surface area contributed by atoms with Gasteiger partial charge in [0.05, 0.1) is 13.2 Å². The predicted octanol–water partition coefficient (Wildman–Crippen LogP) is -0.991. The first-order chi connectivity index (χ1) is 8.67. The lowest BCUT2D eigenvalue weighted by Gasteiger charge is -2.06. The van der Waals surface area contributed by atoms with Crippen LogP contribution in [0.25, 0.3) is 0 Å². The highest BCUT2D eigenvalue weighted by Gasteiger charge is 2.05. The SMILES string of the molecule is COCCNC(=O)COc1c[nH]c(CO)cc1=O. The molecule has 0 spiro atoms. The number of amides is 1. The van der Waals surface area contributed by atoms with E-state index in [1.165, 1.54) is 19.4 Å². The number of hydrogen-bond donors (Lipinski definition) is 3. The fraction of sp³-hybridized carbons (Fsp3) is 0.455. The Hall–Kier alpha value is -1.86. The van der Waals surface area contributed by atoms with Crippen LogP contribution < -0.4 is 15.5 Å². The third-order valence-electron chi connectivity index (χ3n) is 2.09. The summed E-state index contributed by atoms with van der Waals surface area (Å²) in [5.41, 5.74) is -0.000567. The zero-order chi connectivity index (χ0) is 13.4.